The van der Waals surface area contributed by atoms with Crippen LogP contribution in [0.3, 0.4) is 0 Å². The van der Waals surface area contributed by atoms with Crippen molar-refractivity contribution in [1.82, 2.24) is 5.32 Å². The van der Waals surface area contributed by atoms with E-state index in [0.717, 1.165) is 31.8 Å². The fourth-order valence-electron chi connectivity index (χ4n) is 1.74. The average molecular weight is 200 g/mol. The van der Waals surface area contributed by atoms with Crippen LogP contribution < -0.4 is 11.1 Å². The van der Waals surface area contributed by atoms with Crippen molar-refractivity contribution in [2.45, 2.75) is 45.3 Å². The third-order valence-corrected chi connectivity index (χ3v) is 3.02. The van der Waals surface area contributed by atoms with E-state index < -0.39 is 0 Å². The van der Waals surface area contributed by atoms with E-state index in [2.05, 4.69) is 19.2 Å². The Bertz CT molecular complexity index is 152. The van der Waals surface area contributed by atoms with E-state index >= 15 is 0 Å². The van der Waals surface area contributed by atoms with E-state index in [0.29, 0.717) is 18.8 Å². The number of nitrogens with two attached hydrogens (primary N) is 1. The highest BCUT2D eigenvalue weighted by molar-refractivity contribution is 4.75. The zero-order chi connectivity index (χ0) is 10.4. The van der Waals surface area contributed by atoms with Crippen molar-refractivity contribution in [2.75, 3.05) is 19.6 Å². The molecule has 1 aliphatic rings. The van der Waals surface area contributed by atoms with Gasteiger partial charge in [0.25, 0.3) is 0 Å². The molecule has 3 atom stereocenters. The number of hydrogen-bond acceptors (Lipinski definition) is 3. The molecule has 1 heterocycles. The summed E-state index contributed by atoms with van der Waals surface area (Å²) in [5, 5.41) is 3.46. The smallest absolute Gasteiger partial charge is 0.0704 e. The minimum atomic E-state index is 0.311. The van der Waals surface area contributed by atoms with Crippen molar-refractivity contribution in [3.05, 3.63) is 0 Å². The average Bonchev–Trinajstić information content (AvgIpc) is 2.65. The summed E-state index contributed by atoms with van der Waals surface area (Å²) in [5.41, 5.74) is 5.55. The van der Waals surface area contributed by atoms with Crippen molar-refractivity contribution in [3.8, 4) is 0 Å². The predicted molar refractivity (Wildman–Crippen MR) is 59.3 cm³/mol. The number of ether oxygens (including phenoxy) is 1. The normalized spacial score (nSPS) is 29.4. The van der Waals surface area contributed by atoms with E-state index in [9.17, 15) is 0 Å². The minimum absolute atomic E-state index is 0.311. The van der Waals surface area contributed by atoms with Gasteiger partial charge in [0.2, 0.25) is 0 Å². The van der Waals surface area contributed by atoms with Gasteiger partial charge in [-0.2, -0.15) is 0 Å². The molecule has 0 aliphatic carbocycles. The zero-order valence-electron chi connectivity index (χ0n) is 9.46. The Hall–Kier alpha value is -0.120. The number of nitrogens with one attached hydrogen (secondary N) is 1. The largest absolute Gasteiger partial charge is 0.372 e. The monoisotopic (exact) mass is 200 g/mol. The molecule has 1 fully saturated rings. The summed E-state index contributed by atoms with van der Waals surface area (Å²) in [6, 6.07) is 0. The van der Waals surface area contributed by atoms with Gasteiger partial charge in [0.1, 0.15) is 0 Å². The molecule has 0 aromatic rings. The molecule has 0 spiro atoms. The van der Waals surface area contributed by atoms with E-state index in [-0.39, 0.29) is 0 Å². The summed E-state index contributed by atoms with van der Waals surface area (Å²) < 4.78 is 5.74. The topological polar surface area (TPSA) is 47.3 Å². The molecular weight excluding hydrogens is 176 g/mol. The Labute approximate surface area is 87.4 Å². The highest BCUT2D eigenvalue weighted by Crippen LogP contribution is 2.17. The van der Waals surface area contributed by atoms with Gasteiger partial charge < -0.3 is 15.8 Å². The third kappa shape index (κ3) is 3.95. The van der Waals surface area contributed by atoms with Crippen LogP contribution in [0.1, 0.15) is 33.1 Å². The fourth-order valence-corrected chi connectivity index (χ4v) is 1.74. The van der Waals surface area contributed by atoms with Crippen molar-refractivity contribution in [2.24, 2.45) is 11.7 Å². The Morgan fingerprint density at radius 3 is 2.71 bits per heavy atom. The van der Waals surface area contributed by atoms with Gasteiger partial charge in [-0.1, -0.05) is 20.3 Å². The van der Waals surface area contributed by atoms with Gasteiger partial charge >= 0.3 is 0 Å². The lowest BCUT2D eigenvalue weighted by molar-refractivity contribution is 0.0501. The molecule has 0 aromatic heterocycles. The summed E-state index contributed by atoms with van der Waals surface area (Å²) >= 11 is 0. The Morgan fingerprint density at radius 2 is 2.14 bits per heavy atom. The second-order valence-electron chi connectivity index (χ2n) is 4.36. The Kier molecular flexibility index (Phi) is 5.45. The lowest BCUT2D eigenvalue weighted by Crippen LogP contribution is -2.31. The highest BCUT2D eigenvalue weighted by atomic mass is 16.5. The van der Waals surface area contributed by atoms with E-state index in [4.69, 9.17) is 10.5 Å². The Morgan fingerprint density at radius 1 is 1.43 bits per heavy atom. The second-order valence-corrected chi connectivity index (χ2v) is 4.36. The quantitative estimate of drug-likeness (QED) is 0.675. The fraction of sp³-hybridized carbons (Fsp3) is 1.00. The summed E-state index contributed by atoms with van der Waals surface area (Å²) in [6.07, 6.45) is 4.24. The number of rotatable bonds is 6. The molecule has 1 saturated heterocycles. The standard InChI is InChI=1S/C11H24N2O/c1-3-9(2)7-13-8-11-5-4-10(6-12)14-11/h9-11,13H,3-8,12H2,1-2H3. The molecule has 0 saturated carbocycles. The number of hydrogen-bond donors (Lipinski definition) is 2. The van der Waals surface area contributed by atoms with E-state index in [1.807, 2.05) is 0 Å². The summed E-state index contributed by atoms with van der Waals surface area (Å²) in [6.45, 7) is 7.25. The molecule has 84 valence electrons. The Balaban J connectivity index is 2.03. The van der Waals surface area contributed by atoms with Crippen molar-refractivity contribution in [3.63, 3.8) is 0 Å². The first-order valence-corrected chi connectivity index (χ1v) is 5.82. The summed E-state index contributed by atoms with van der Waals surface area (Å²) in [5.74, 6) is 0.765. The lowest BCUT2D eigenvalue weighted by atomic mass is 10.1. The van der Waals surface area contributed by atoms with Crippen LogP contribution in [0, 0.1) is 5.92 Å². The van der Waals surface area contributed by atoms with Crippen LogP contribution in [0.15, 0.2) is 0 Å². The third-order valence-electron chi connectivity index (χ3n) is 3.02. The van der Waals surface area contributed by atoms with Crippen molar-refractivity contribution >= 4 is 0 Å². The van der Waals surface area contributed by atoms with Crippen LogP contribution in [0.5, 0.6) is 0 Å². The molecule has 3 N–H and O–H groups in total. The lowest BCUT2D eigenvalue weighted by Gasteiger charge is -2.15. The molecule has 0 amide bonds. The van der Waals surface area contributed by atoms with Crippen LogP contribution in [0.2, 0.25) is 0 Å². The van der Waals surface area contributed by atoms with Gasteiger partial charge in [-0.05, 0) is 25.3 Å². The summed E-state index contributed by atoms with van der Waals surface area (Å²) in [4.78, 5) is 0. The molecule has 3 heteroatoms. The van der Waals surface area contributed by atoms with Crippen LogP contribution in [0.25, 0.3) is 0 Å². The van der Waals surface area contributed by atoms with Gasteiger partial charge in [-0.3, -0.25) is 0 Å². The van der Waals surface area contributed by atoms with Crippen LogP contribution >= 0.6 is 0 Å². The van der Waals surface area contributed by atoms with Crippen LogP contribution in [0.4, 0.5) is 0 Å². The molecule has 0 bridgehead atoms. The maximum Gasteiger partial charge on any atom is 0.0704 e. The van der Waals surface area contributed by atoms with Gasteiger partial charge in [0.05, 0.1) is 12.2 Å². The molecular formula is C11H24N2O. The molecule has 0 radical (unpaired) electrons. The van der Waals surface area contributed by atoms with Crippen molar-refractivity contribution in [1.29, 1.82) is 0 Å². The van der Waals surface area contributed by atoms with Gasteiger partial charge in [0.15, 0.2) is 0 Å². The van der Waals surface area contributed by atoms with Crippen LogP contribution in [-0.2, 0) is 4.74 Å². The molecule has 1 aliphatic heterocycles. The van der Waals surface area contributed by atoms with Gasteiger partial charge in [-0.25, -0.2) is 0 Å². The second kappa shape index (κ2) is 6.38. The summed E-state index contributed by atoms with van der Waals surface area (Å²) in [7, 11) is 0. The maximum atomic E-state index is 5.74. The minimum Gasteiger partial charge on any atom is -0.372 e. The van der Waals surface area contributed by atoms with Gasteiger partial charge in [0, 0.05) is 13.1 Å². The molecule has 3 unspecified atom stereocenters. The zero-order valence-corrected chi connectivity index (χ0v) is 9.46. The highest BCUT2D eigenvalue weighted by Gasteiger charge is 2.23. The van der Waals surface area contributed by atoms with E-state index in [1.165, 1.54) is 6.42 Å². The first-order valence-electron chi connectivity index (χ1n) is 5.82. The first-order chi connectivity index (χ1) is 6.76. The maximum absolute atomic E-state index is 5.74. The molecule has 14 heavy (non-hydrogen) atoms. The van der Waals surface area contributed by atoms with Crippen LogP contribution in [-0.4, -0.2) is 31.8 Å². The van der Waals surface area contributed by atoms with Gasteiger partial charge in [-0.15, -0.1) is 0 Å². The molecule has 0 aromatic carbocycles. The van der Waals surface area contributed by atoms with E-state index in [1.54, 1.807) is 0 Å². The molecule has 3 nitrogen and oxygen atoms in total. The SMILES string of the molecule is CCC(C)CNCC1CCC(CN)O1. The van der Waals surface area contributed by atoms with Crippen molar-refractivity contribution < 1.29 is 4.74 Å². The predicted octanol–water partition coefficient (Wildman–Crippen LogP) is 1.13. The first kappa shape index (κ1) is 12.0. The molecule has 1 rings (SSSR count).